The molecule has 0 saturated carbocycles. The molecule has 0 saturated heterocycles. The van der Waals surface area contributed by atoms with E-state index in [0.717, 1.165) is 15.7 Å². The monoisotopic (exact) mass is 345 g/mol. The third-order valence-corrected chi connectivity index (χ3v) is 4.05. The van der Waals surface area contributed by atoms with Crippen molar-refractivity contribution in [3.63, 3.8) is 0 Å². The first kappa shape index (κ1) is 15.8. The molecule has 0 heterocycles. The van der Waals surface area contributed by atoms with Crippen molar-refractivity contribution in [1.29, 1.82) is 0 Å². The summed E-state index contributed by atoms with van der Waals surface area (Å²) in [6.45, 7) is 8.50. The summed E-state index contributed by atoms with van der Waals surface area (Å²) in [7, 11) is 0. The van der Waals surface area contributed by atoms with Gasteiger partial charge in [0, 0.05) is 10.0 Å². The summed E-state index contributed by atoms with van der Waals surface area (Å²) in [4.78, 5) is 12.2. The molecule has 0 bridgehead atoms. The molecule has 0 spiro atoms. The molecule has 0 aliphatic carbocycles. The molecule has 1 N–H and O–H groups in total. The minimum atomic E-state index is -0.0980. The molecule has 2 aromatic carbocycles. The molecular weight excluding hydrogens is 326 g/mol. The minimum absolute atomic E-state index is 0.0853. The highest BCUT2D eigenvalue weighted by Crippen LogP contribution is 2.30. The number of anilines is 1. The van der Waals surface area contributed by atoms with Gasteiger partial charge in [-0.2, -0.15) is 0 Å². The van der Waals surface area contributed by atoms with Crippen LogP contribution in [0.2, 0.25) is 0 Å². The van der Waals surface area contributed by atoms with E-state index in [1.165, 1.54) is 5.56 Å². The van der Waals surface area contributed by atoms with Gasteiger partial charge in [0.15, 0.2) is 0 Å². The summed E-state index contributed by atoms with van der Waals surface area (Å²) < 4.78 is 0.899. The van der Waals surface area contributed by atoms with Crippen molar-refractivity contribution in [2.24, 2.45) is 0 Å². The van der Waals surface area contributed by atoms with Crippen LogP contribution in [0.25, 0.3) is 0 Å². The van der Waals surface area contributed by atoms with Crippen molar-refractivity contribution >= 4 is 27.5 Å². The Bertz CT molecular complexity index is 654. The number of benzene rings is 2. The SMILES string of the molecule is Cc1ccc(C(=O)Nc2ccc(C(C)(C)C)cc2Br)cc1. The van der Waals surface area contributed by atoms with Gasteiger partial charge < -0.3 is 5.32 Å². The normalized spacial score (nSPS) is 11.3. The molecule has 2 aromatic rings. The van der Waals surface area contributed by atoms with Gasteiger partial charge in [-0.05, 0) is 58.1 Å². The summed E-state index contributed by atoms with van der Waals surface area (Å²) in [5.74, 6) is -0.0980. The van der Waals surface area contributed by atoms with Gasteiger partial charge >= 0.3 is 0 Å². The fourth-order valence-corrected chi connectivity index (χ4v) is 2.46. The largest absolute Gasteiger partial charge is 0.321 e. The predicted molar refractivity (Wildman–Crippen MR) is 92.0 cm³/mol. The number of carbonyl (C=O) groups excluding carboxylic acids is 1. The van der Waals surface area contributed by atoms with E-state index in [2.05, 4.69) is 54.2 Å². The molecule has 0 radical (unpaired) electrons. The van der Waals surface area contributed by atoms with Crippen molar-refractivity contribution in [3.8, 4) is 0 Å². The van der Waals surface area contributed by atoms with Gasteiger partial charge in [0.1, 0.15) is 0 Å². The van der Waals surface area contributed by atoms with Gasteiger partial charge in [-0.1, -0.05) is 44.5 Å². The van der Waals surface area contributed by atoms with Crippen molar-refractivity contribution in [2.75, 3.05) is 5.32 Å². The number of rotatable bonds is 2. The molecule has 2 rings (SSSR count). The lowest BCUT2D eigenvalue weighted by atomic mass is 9.87. The van der Waals surface area contributed by atoms with Crippen LogP contribution in [0.3, 0.4) is 0 Å². The third kappa shape index (κ3) is 3.94. The first-order valence-corrected chi connectivity index (χ1v) is 7.75. The first-order valence-electron chi connectivity index (χ1n) is 6.95. The standard InChI is InChI=1S/C18H20BrNO/c1-12-5-7-13(8-6-12)17(21)20-16-10-9-14(11-15(16)19)18(2,3)4/h5-11H,1-4H3,(H,20,21). The Balaban J connectivity index is 2.20. The van der Waals surface area contributed by atoms with Crippen LogP contribution in [0.4, 0.5) is 5.69 Å². The van der Waals surface area contributed by atoms with Crippen molar-refractivity contribution in [1.82, 2.24) is 0 Å². The summed E-state index contributed by atoms with van der Waals surface area (Å²) in [6.07, 6.45) is 0. The maximum atomic E-state index is 12.2. The first-order chi connectivity index (χ1) is 9.77. The average Bonchev–Trinajstić information content (AvgIpc) is 2.40. The zero-order chi connectivity index (χ0) is 15.6. The molecule has 0 unspecified atom stereocenters. The van der Waals surface area contributed by atoms with Crippen LogP contribution in [0.1, 0.15) is 42.3 Å². The Kier molecular flexibility index (Phi) is 4.52. The maximum absolute atomic E-state index is 12.2. The van der Waals surface area contributed by atoms with Crippen LogP contribution < -0.4 is 5.32 Å². The Morgan fingerprint density at radius 2 is 1.67 bits per heavy atom. The Morgan fingerprint density at radius 1 is 1.05 bits per heavy atom. The van der Waals surface area contributed by atoms with Gasteiger partial charge in [-0.25, -0.2) is 0 Å². The Hall–Kier alpha value is -1.61. The summed E-state index contributed by atoms with van der Waals surface area (Å²) in [5.41, 5.74) is 3.90. The average molecular weight is 346 g/mol. The van der Waals surface area contributed by atoms with Crippen molar-refractivity contribution in [2.45, 2.75) is 33.1 Å². The number of hydrogen-bond acceptors (Lipinski definition) is 1. The van der Waals surface area contributed by atoms with Gasteiger partial charge in [0.2, 0.25) is 0 Å². The van der Waals surface area contributed by atoms with Gasteiger partial charge in [0.05, 0.1) is 5.69 Å². The number of halogens is 1. The topological polar surface area (TPSA) is 29.1 Å². The number of nitrogens with one attached hydrogen (secondary N) is 1. The van der Waals surface area contributed by atoms with Crippen LogP contribution in [0.5, 0.6) is 0 Å². The van der Waals surface area contributed by atoms with E-state index in [4.69, 9.17) is 0 Å². The number of aryl methyl sites for hydroxylation is 1. The van der Waals surface area contributed by atoms with Gasteiger partial charge in [0.25, 0.3) is 5.91 Å². The zero-order valence-electron chi connectivity index (χ0n) is 12.8. The van der Waals surface area contributed by atoms with Crippen LogP contribution in [-0.4, -0.2) is 5.91 Å². The lowest BCUT2D eigenvalue weighted by Crippen LogP contribution is -2.14. The quantitative estimate of drug-likeness (QED) is 0.785. The van der Waals surface area contributed by atoms with E-state index in [1.54, 1.807) is 0 Å². The molecule has 0 aliphatic heterocycles. The number of amides is 1. The second-order valence-electron chi connectivity index (χ2n) is 6.26. The van der Waals surface area contributed by atoms with E-state index in [0.29, 0.717) is 5.56 Å². The van der Waals surface area contributed by atoms with Crippen molar-refractivity contribution < 1.29 is 4.79 Å². The molecule has 110 valence electrons. The van der Waals surface area contributed by atoms with E-state index in [9.17, 15) is 4.79 Å². The predicted octanol–water partition coefficient (Wildman–Crippen LogP) is 5.31. The van der Waals surface area contributed by atoms with E-state index in [1.807, 2.05) is 37.3 Å². The minimum Gasteiger partial charge on any atom is -0.321 e. The number of hydrogen-bond donors (Lipinski definition) is 1. The molecule has 0 atom stereocenters. The number of carbonyl (C=O) groups is 1. The second kappa shape index (κ2) is 6.02. The Labute approximate surface area is 134 Å². The van der Waals surface area contributed by atoms with Gasteiger partial charge in [-0.15, -0.1) is 0 Å². The Morgan fingerprint density at radius 3 is 2.19 bits per heavy atom. The summed E-state index contributed by atoms with van der Waals surface area (Å²) >= 11 is 3.54. The summed E-state index contributed by atoms with van der Waals surface area (Å²) in [6, 6.07) is 13.6. The fraction of sp³-hybridized carbons (Fsp3) is 0.278. The highest BCUT2D eigenvalue weighted by atomic mass is 79.9. The molecule has 1 amide bonds. The third-order valence-electron chi connectivity index (χ3n) is 3.40. The molecule has 21 heavy (non-hydrogen) atoms. The lowest BCUT2D eigenvalue weighted by molar-refractivity contribution is 0.102. The molecule has 3 heteroatoms. The molecule has 0 fully saturated rings. The zero-order valence-corrected chi connectivity index (χ0v) is 14.4. The van der Waals surface area contributed by atoms with Crippen LogP contribution >= 0.6 is 15.9 Å². The van der Waals surface area contributed by atoms with Crippen molar-refractivity contribution in [3.05, 3.63) is 63.6 Å². The highest BCUT2D eigenvalue weighted by Gasteiger charge is 2.15. The van der Waals surface area contributed by atoms with Crippen LogP contribution in [0.15, 0.2) is 46.9 Å². The molecule has 0 aliphatic rings. The van der Waals surface area contributed by atoms with Gasteiger partial charge in [-0.3, -0.25) is 4.79 Å². The van der Waals surface area contributed by atoms with Crippen LogP contribution in [0, 0.1) is 6.92 Å². The van der Waals surface area contributed by atoms with E-state index < -0.39 is 0 Å². The summed E-state index contributed by atoms with van der Waals surface area (Å²) in [5, 5.41) is 2.94. The molecule has 2 nitrogen and oxygen atoms in total. The molecular formula is C18H20BrNO. The fourth-order valence-electron chi connectivity index (χ4n) is 1.98. The molecule has 0 aromatic heterocycles. The smallest absolute Gasteiger partial charge is 0.255 e. The second-order valence-corrected chi connectivity index (χ2v) is 7.12. The van der Waals surface area contributed by atoms with E-state index in [-0.39, 0.29) is 11.3 Å². The van der Waals surface area contributed by atoms with Crippen LogP contribution in [-0.2, 0) is 5.41 Å². The van der Waals surface area contributed by atoms with E-state index >= 15 is 0 Å². The lowest BCUT2D eigenvalue weighted by Gasteiger charge is -2.20. The maximum Gasteiger partial charge on any atom is 0.255 e. The highest BCUT2D eigenvalue weighted by molar-refractivity contribution is 9.10.